The van der Waals surface area contributed by atoms with Crippen LogP contribution in [0, 0.1) is 6.92 Å². The van der Waals surface area contributed by atoms with Crippen LogP contribution in [-0.4, -0.2) is 33.4 Å². The van der Waals surface area contributed by atoms with Gasteiger partial charge in [0.1, 0.15) is 0 Å². The summed E-state index contributed by atoms with van der Waals surface area (Å²) in [5, 5.41) is 17.2. The molecule has 24 heavy (non-hydrogen) atoms. The maximum Gasteiger partial charge on any atom is 0.272 e. The first-order valence-corrected chi connectivity index (χ1v) is 8.74. The van der Waals surface area contributed by atoms with E-state index in [9.17, 15) is 9.90 Å². The van der Waals surface area contributed by atoms with E-state index in [4.69, 9.17) is 0 Å². The number of aliphatic hydroxyl groups is 1. The van der Waals surface area contributed by atoms with Gasteiger partial charge in [0.2, 0.25) is 0 Å². The van der Waals surface area contributed by atoms with Crippen LogP contribution in [-0.2, 0) is 12.8 Å². The van der Waals surface area contributed by atoms with Crippen molar-refractivity contribution >= 4 is 5.91 Å². The third kappa shape index (κ3) is 3.36. The molecule has 5 heteroatoms. The molecule has 0 aliphatic heterocycles. The number of aryl methyl sites for hydroxylation is 1. The van der Waals surface area contributed by atoms with Gasteiger partial charge in [0.25, 0.3) is 5.91 Å². The molecule has 0 bridgehead atoms. The molecule has 3 rings (SSSR count). The summed E-state index contributed by atoms with van der Waals surface area (Å²) in [5.41, 5.74) is 4.89. The summed E-state index contributed by atoms with van der Waals surface area (Å²) in [5.74, 6) is -0.186. The minimum Gasteiger partial charge on any atom is -0.391 e. The van der Waals surface area contributed by atoms with E-state index in [-0.39, 0.29) is 12.5 Å². The van der Waals surface area contributed by atoms with E-state index < -0.39 is 6.10 Å². The Hall–Kier alpha value is -2.14. The molecule has 1 aromatic carbocycles. The Kier molecular flexibility index (Phi) is 5.00. The summed E-state index contributed by atoms with van der Waals surface area (Å²) in [6, 6.07) is 8.18. The predicted octanol–water partition coefficient (Wildman–Crippen LogP) is 2.56. The molecule has 2 aromatic rings. The molecule has 1 aromatic heterocycles. The lowest BCUT2D eigenvalue weighted by Crippen LogP contribution is -2.32. The molecule has 1 aliphatic carbocycles. The van der Waals surface area contributed by atoms with Crippen LogP contribution >= 0.6 is 0 Å². The summed E-state index contributed by atoms with van der Waals surface area (Å²) >= 11 is 0. The van der Waals surface area contributed by atoms with Crippen LogP contribution in [0.2, 0.25) is 0 Å². The average molecular weight is 327 g/mol. The number of hydrogen-bond donors (Lipinski definition) is 2. The van der Waals surface area contributed by atoms with Gasteiger partial charge >= 0.3 is 0 Å². The van der Waals surface area contributed by atoms with Gasteiger partial charge in [-0.1, -0.05) is 31.0 Å². The highest BCUT2D eigenvalue weighted by Gasteiger charge is 2.27. The minimum absolute atomic E-state index is 0.186. The lowest BCUT2D eigenvalue weighted by molar-refractivity contribution is 0.0904. The highest BCUT2D eigenvalue weighted by atomic mass is 16.3. The van der Waals surface area contributed by atoms with Crippen molar-refractivity contribution in [1.29, 1.82) is 0 Å². The third-order valence-electron chi connectivity index (χ3n) is 4.54. The topological polar surface area (TPSA) is 67.2 Å². The smallest absolute Gasteiger partial charge is 0.272 e. The molecule has 0 saturated carbocycles. The van der Waals surface area contributed by atoms with Crippen LogP contribution in [0.25, 0.3) is 5.69 Å². The van der Waals surface area contributed by atoms with Crippen molar-refractivity contribution < 1.29 is 9.90 Å². The van der Waals surface area contributed by atoms with Crippen LogP contribution in [0.15, 0.2) is 24.3 Å². The standard InChI is InChI=1S/C19H25N3O2/c1-3-5-15(23)12-20-19(24)18-16-6-4-7-17(16)22(21-18)14-10-8-13(2)9-11-14/h8-11,15,23H,3-7,12H2,1-2H3,(H,20,24). The molecule has 2 N–H and O–H groups in total. The largest absolute Gasteiger partial charge is 0.391 e. The van der Waals surface area contributed by atoms with Gasteiger partial charge < -0.3 is 10.4 Å². The van der Waals surface area contributed by atoms with E-state index in [2.05, 4.69) is 29.5 Å². The van der Waals surface area contributed by atoms with Crippen LogP contribution in [0.5, 0.6) is 0 Å². The van der Waals surface area contributed by atoms with E-state index in [0.717, 1.165) is 42.6 Å². The Labute approximate surface area is 142 Å². The summed E-state index contributed by atoms with van der Waals surface area (Å²) in [7, 11) is 0. The second-order valence-electron chi connectivity index (χ2n) is 6.53. The fraction of sp³-hybridized carbons (Fsp3) is 0.474. The van der Waals surface area contributed by atoms with Crippen LogP contribution in [0.4, 0.5) is 0 Å². The van der Waals surface area contributed by atoms with Crippen molar-refractivity contribution in [3.05, 3.63) is 46.8 Å². The molecule has 5 nitrogen and oxygen atoms in total. The van der Waals surface area contributed by atoms with Gasteiger partial charge in [-0.05, 0) is 44.7 Å². The van der Waals surface area contributed by atoms with Gasteiger partial charge in [-0.25, -0.2) is 4.68 Å². The van der Waals surface area contributed by atoms with Crippen molar-refractivity contribution in [2.24, 2.45) is 0 Å². The van der Waals surface area contributed by atoms with Gasteiger partial charge in [-0.3, -0.25) is 4.79 Å². The Morgan fingerprint density at radius 3 is 2.79 bits per heavy atom. The molecule has 1 atom stereocenters. The lowest BCUT2D eigenvalue weighted by atomic mass is 10.1. The zero-order valence-corrected chi connectivity index (χ0v) is 14.4. The summed E-state index contributed by atoms with van der Waals surface area (Å²) < 4.78 is 1.90. The first kappa shape index (κ1) is 16.7. The number of amides is 1. The molecule has 0 spiro atoms. The summed E-state index contributed by atoms with van der Waals surface area (Å²) in [4.78, 5) is 12.5. The molecular weight excluding hydrogens is 302 g/mol. The Bertz CT molecular complexity index is 719. The number of rotatable bonds is 6. The monoisotopic (exact) mass is 327 g/mol. The predicted molar refractivity (Wildman–Crippen MR) is 93.6 cm³/mol. The number of aromatic nitrogens is 2. The quantitative estimate of drug-likeness (QED) is 0.857. The molecule has 0 saturated heterocycles. The Morgan fingerprint density at radius 1 is 1.33 bits per heavy atom. The Balaban J connectivity index is 1.83. The highest BCUT2D eigenvalue weighted by molar-refractivity contribution is 5.94. The van der Waals surface area contributed by atoms with Crippen LogP contribution in [0.3, 0.4) is 0 Å². The summed E-state index contributed by atoms with van der Waals surface area (Å²) in [6.07, 6.45) is 3.98. The van der Waals surface area contributed by atoms with Crippen molar-refractivity contribution in [2.75, 3.05) is 6.54 Å². The normalized spacial score (nSPS) is 14.5. The van der Waals surface area contributed by atoms with Crippen molar-refractivity contribution in [1.82, 2.24) is 15.1 Å². The van der Waals surface area contributed by atoms with E-state index in [1.54, 1.807) is 0 Å². The highest BCUT2D eigenvalue weighted by Crippen LogP contribution is 2.27. The maximum absolute atomic E-state index is 12.5. The van der Waals surface area contributed by atoms with E-state index in [1.165, 1.54) is 5.56 Å². The van der Waals surface area contributed by atoms with Crippen molar-refractivity contribution in [2.45, 2.75) is 52.1 Å². The number of benzene rings is 1. The second kappa shape index (κ2) is 7.18. The van der Waals surface area contributed by atoms with Gasteiger partial charge in [0.15, 0.2) is 5.69 Å². The third-order valence-corrected chi connectivity index (χ3v) is 4.54. The zero-order chi connectivity index (χ0) is 17.1. The van der Waals surface area contributed by atoms with Crippen LogP contribution in [0.1, 0.15) is 53.5 Å². The average Bonchev–Trinajstić information content (AvgIpc) is 3.16. The molecule has 128 valence electrons. The van der Waals surface area contributed by atoms with Crippen LogP contribution < -0.4 is 5.32 Å². The van der Waals surface area contributed by atoms with Gasteiger partial charge in [0, 0.05) is 17.8 Å². The second-order valence-corrected chi connectivity index (χ2v) is 6.53. The number of fused-ring (bicyclic) bond motifs is 1. The number of hydrogen-bond acceptors (Lipinski definition) is 3. The minimum atomic E-state index is -0.494. The van der Waals surface area contributed by atoms with Crippen molar-refractivity contribution in [3.63, 3.8) is 0 Å². The molecule has 0 radical (unpaired) electrons. The number of carbonyl (C=O) groups is 1. The number of nitrogens with one attached hydrogen (secondary N) is 1. The van der Waals surface area contributed by atoms with E-state index in [0.29, 0.717) is 12.1 Å². The Morgan fingerprint density at radius 2 is 2.08 bits per heavy atom. The molecule has 1 amide bonds. The number of carbonyl (C=O) groups excluding carboxylic acids is 1. The van der Waals surface area contributed by atoms with E-state index >= 15 is 0 Å². The number of aliphatic hydroxyl groups excluding tert-OH is 1. The first-order chi connectivity index (χ1) is 11.6. The van der Waals surface area contributed by atoms with Gasteiger partial charge in [0.05, 0.1) is 11.8 Å². The maximum atomic E-state index is 12.5. The molecule has 0 fully saturated rings. The van der Waals surface area contributed by atoms with Crippen molar-refractivity contribution in [3.8, 4) is 5.69 Å². The molecule has 1 heterocycles. The summed E-state index contributed by atoms with van der Waals surface area (Å²) in [6.45, 7) is 4.35. The SMILES string of the molecule is CCCC(O)CNC(=O)c1nn(-c2ccc(C)cc2)c2c1CCC2. The first-order valence-electron chi connectivity index (χ1n) is 8.74. The lowest BCUT2D eigenvalue weighted by Gasteiger charge is -2.10. The molecular formula is C19H25N3O2. The molecule has 1 aliphatic rings. The van der Waals surface area contributed by atoms with E-state index in [1.807, 2.05) is 23.7 Å². The fourth-order valence-electron chi connectivity index (χ4n) is 3.25. The van der Waals surface area contributed by atoms with Gasteiger partial charge in [-0.2, -0.15) is 5.10 Å². The number of nitrogens with zero attached hydrogens (tertiary/aromatic N) is 2. The molecule has 1 unspecified atom stereocenters. The fourth-order valence-corrected chi connectivity index (χ4v) is 3.25. The zero-order valence-electron chi connectivity index (χ0n) is 14.4. The van der Waals surface area contributed by atoms with Gasteiger partial charge in [-0.15, -0.1) is 0 Å².